The predicted molar refractivity (Wildman–Crippen MR) is 95.1 cm³/mol. The minimum atomic E-state index is 0.0847. The number of hydrogen-bond acceptors (Lipinski definition) is 3. The van der Waals surface area contributed by atoms with E-state index in [0.29, 0.717) is 12.3 Å². The molecule has 0 heterocycles. The summed E-state index contributed by atoms with van der Waals surface area (Å²) in [5, 5.41) is 8.34. The third kappa shape index (κ3) is 3.29. The zero-order valence-corrected chi connectivity index (χ0v) is 13.4. The van der Waals surface area contributed by atoms with Crippen molar-refractivity contribution in [2.45, 2.75) is 32.3 Å². The monoisotopic (exact) mass is 306 g/mol. The third-order valence-electron chi connectivity index (χ3n) is 4.43. The normalized spacial score (nSPS) is 19.3. The average Bonchev–Trinajstić information content (AvgIpc) is 2.95. The first-order valence-electron chi connectivity index (χ1n) is 7.99. The molecule has 0 saturated heterocycles. The lowest BCUT2D eigenvalue weighted by Gasteiger charge is -2.15. The van der Waals surface area contributed by atoms with Gasteiger partial charge in [-0.2, -0.15) is 0 Å². The Hall–Kier alpha value is -2.55. The number of anilines is 1. The Morgan fingerprint density at radius 2 is 2.00 bits per heavy atom. The second-order valence-electron chi connectivity index (χ2n) is 5.88. The van der Waals surface area contributed by atoms with Crippen molar-refractivity contribution >= 4 is 11.4 Å². The second-order valence-corrected chi connectivity index (χ2v) is 5.88. The van der Waals surface area contributed by atoms with Gasteiger partial charge >= 0.3 is 0 Å². The molecule has 0 bridgehead atoms. The lowest BCUT2D eigenvalue weighted by molar-refractivity contribution is 0.306. The summed E-state index contributed by atoms with van der Waals surface area (Å²) in [6.07, 6.45) is 3.94. The van der Waals surface area contributed by atoms with Crippen LogP contribution in [0.3, 0.4) is 0 Å². The Labute approximate surface area is 137 Å². The van der Waals surface area contributed by atoms with E-state index in [1.165, 1.54) is 0 Å². The van der Waals surface area contributed by atoms with E-state index in [1.54, 1.807) is 0 Å². The van der Waals surface area contributed by atoms with Crippen molar-refractivity contribution in [1.82, 2.24) is 0 Å². The lowest BCUT2D eigenvalue weighted by atomic mass is 9.94. The third-order valence-corrected chi connectivity index (χ3v) is 4.43. The summed E-state index contributed by atoms with van der Waals surface area (Å²) in [4.78, 5) is 0. The van der Waals surface area contributed by atoms with Crippen LogP contribution in [0.4, 0.5) is 5.69 Å². The number of allylic oxidation sites excluding steroid dienone is 2. The van der Waals surface area contributed by atoms with Gasteiger partial charge in [0.2, 0.25) is 0 Å². The highest BCUT2D eigenvalue weighted by molar-refractivity contribution is 6.05. The van der Waals surface area contributed by atoms with Gasteiger partial charge in [0.15, 0.2) is 0 Å². The van der Waals surface area contributed by atoms with Crippen LogP contribution in [0.2, 0.25) is 0 Å². The Kier molecular flexibility index (Phi) is 4.47. The van der Waals surface area contributed by atoms with E-state index in [0.717, 1.165) is 41.0 Å². The van der Waals surface area contributed by atoms with Crippen LogP contribution in [0.5, 0.6) is 5.75 Å². The van der Waals surface area contributed by atoms with E-state index < -0.39 is 0 Å². The molecule has 0 spiro atoms. The van der Waals surface area contributed by atoms with Crippen LogP contribution in [0.1, 0.15) is 36.8 Å². The minimum Gasteiger partial charge on any atom is -0.489 e. The van der Waals surface area contributed by atoms with E-state index in [9.17, 15) is 0 Å². The van der Waals surface area contributed by atoms with Gasteiger partial charge in [-0.25, -0.2) is 0 Å². The maximum atomic E-state index is 8.34. The largest absolute Gasteiger partial charge is 0.489 e. The average molecular weight is 306 g/mol. The SMILES string of the molecule is CC=C1CCC(c2cc(OCc3ccccc3)ccc2N)C1=N. The zero-order valence-electron chi connectivity index (χ0n) is 13.4. The molecule has 2 aromatic rings. The molecule has 1 aliphatic rings. The highest BCUT2D eigenvalue weighted by Crippen LogP contribution is 2.38. The first-order chi connectivity index (χ1) is 11.2. The molecule has 1 unspecified atom stereocenters. The molecular weight excluding hydrogens is 284 g/mol. The van der Waals surface area contributed by atoms with E-state index in [-0.39, 0.29) is 5.92 Å². The molecule has 0 radical (unpaired) electrons. The van der Waals surface area contributed by atoms with Crippen LogP contribution in [0.25, 0.3) is 0 Å². The summed E-state index contributed by atoms with van der Waals surface area (Å²) in [7, 11) is 0. The number of hydrogen-bond donors (Lipinski definition) is 2. The topological polar surface area (TPSA) is 59.1 Å². The molecule has 0 amide bonds. The van der Waals surface area contributed by atoms with Crippen LogP contribution in [0.15, 0.2) is 60.2 Å². The molecule has 0 aliphatic heterocycles. The number of ether oxygens (including phenoxy) is 1. The molecule has 3 heteroatoms. The summed E-state index contributed by atoms with van der Waals surface area (Å²) in [5.41, 5.74) is 10.9. The molecular formula is C20H22N2O. The first-order valence-corrected chi connectivity index (χ1v) is 7.99. The summed E-state index contributed by atoms with van der Waals surface area (Å²) in [6, 6.07) is 15.9. The van der Waals surface area contributed by atoms with Crippen LogP contribution in [-0.4, -0.2) is 5.71 Å². The smallest absolute Gasteiger partial charge is 0.120 e. The molecule has 1 saturated carbocycles. The number of nitrogen functional groups attached to an aromatic ring is 1. The van der Waals surface area contributed by atoms with Crippen molar-refractivity contribution in [1.29, 1.82) is 5.41 Å². The highest BCUT2D eigenvalue weighted by atomic mass is 16.5. The van der Waals surface area contributed by atoms with Crippen molar-refractivity contribution in [3.05, 3.63) is 71.3 Å². The number of benzene rings is 2. The predicted octanol–water partition coefficient (Wildman–Crippen LogP) is 4.69. The lowest BCUT2D eigenvalue weighted by Crippen LogP contribution is -2.08. The van der Waals surface area contributed by atoms with Gasteiger partial charge < -0.3 is 15.9 Å². The van der Waals surface area contributed by atoms with E-state index >= 15 is 0 Å². The van der Waals surface area contributed by atoms with Gasteiger partial charge in [-0.3, -0.25) is 0 Å². The van der Waals surface area contributed by atoms with Crippen LogP contribution in [-0.2, 0) is 6.61 Å². The minimum absolute atomic E-state index is 0.0847. The molecule has 1 atom stereocenters. The Bertz CT molecular complexity index is 735. The summed E-state index contributed by atoms with van der Waals surface area (Å²) in [5.74, 6) is 0.890. The molecule has 3 nitrogen and oxygen atoms in total. The fraction of sp³-hybridized carbons (Fsp3) is 0.250. The Morgan fingerprint density at radius 1 is 1.22 bits per heavy atom. The molecule has 2 aromatic carbocycles. The van der Waals surface area contributed by atoms with Crippen LogP contribution < -0.4 is 10.5 Å². The fourth-order valence-electron chi connectivity index (χ4n) is 3.10. The van der Waals surface area contributed by atoms with Crippen molar-refractivity contribution in [3.8, 4) is 5.75 Å². The van der Waals surface area contributed by atoms with Gasteiger partial charge in [-0.15, -0.1) is 0 Å². The van der Waals surface area contributed by atoms with Crippen molar-refractivity contribution in [3.63, 3.8) is 0 Å². The molecule has 1 fully saturated rings. The van der Waals surface area contributed by atoms with E-state index in [4.69, 9.17) is 15.9 Å². The van der Waals surface area contributed by atoms with E-state index in [2.05, 4.69) is 0 Å². The molecule has 23 heavy (non-hydrogen) atoms. The molecule has 0 aromatic heterocycles. The zero-order chi connectivity index (χ0) is 16.2. The standard InChI is InChI=1S/C20H22N2O/c1-2-15-8-10-17(20(15)22)18-12-16(9-11-19(18)21)23-13-14-6-4-3-5-7-14/h2-7,9,11-12,17,22H,8,10,13,21H2,1H3. The van der Waals surface area contributed by atoms with Gasteiger partial charge in [0.05, 0.1) is 0 Å². The van der Waals surface area contributed by atoms with Crippen LogP contribution in [0, 0.1) is 5.41 Å². The summed E-state index contributed by atoms with van der Waals surface area (Å²) >= 11 is 0. The maximum Gasteiger partial charge on any atom is 0.120 e. The van der Waals surface area contributed by atoms with Gasteiger partial charge in [-0.05, 0) is 54.7 Å². The molecule has 3 rings (SSSR count). The van der Waals surface area contributed by atoms with Gasteiger partial charge in [0.25, 0.3) is 0 Å². The Morgan fingerprint density at radius 3 is 2.70 bits per heavy atom. The quantitative estimate of drug-likeness (QED) is 0.805. The van der Waals surface area contributed by atoms with Gasteiger partial charge in [0, 0.05) is 17.3 Å². The van der Waals surface area contributed by atoms with Crippen molar-refractivity contribution < 1.29 is 4.74 Å². The summed E-state index contributed by atoms with van der Waals surface area (Å²) < 4.78 is 5.90. The first kappa shape index (κ1) is 15.3. The number of nitrogens with two attached hydrogens (primary N) is 1. The summed E-state index contributed by atoms with van der Waals surface area (Å²) in [6.45, 7) is 2.53. The van der Waals surface area contributed by atoms with E-state index in [1.807, 2.05) is 61.5 Å². The molecule has 118 valence electrons. The van der Waals surface area contributed by atoms with Gasteiger partial charge in [-0.1, -0.05) is 36.4 Å². The number of rotatable bonds is 4. The van der Waals surface area contributed by atoms with Crippen molar-refractivity contribution in [2.75, 3.05) is 5.73 Å². The maximum absolute atomic E-state index is 8.34. The van der Waals surface area contributed by atoms with Crippen LogP contribution >= 0.6 is 0 Å². The Balaban J connectivity index is 1.78. The second kappa shape index (κ2) is 6.69. The number of nitrogens with one attached hydrogen (secondary N) is 1. The molecule has 1 aliphatic carbocycles. The van der Waals surface area contributed by atoms with Gasteiger partial charge in [0.1, 0.15) is 12.4 Å². The van der Waals surface area contributed by atoms with Crippen molar-refractivity contribution in [2.24, 2.45) is 0 Å². The fourth-order valence-corrected chi connectivity index (χ4v) is 3.10. The highest BCUT2D eigenvalue weighted by Gasteiger charge is 2.28. The molecule has 3 N–H and O–H groups in total.